The molecule has 5 heteroatoms. The lowest BCUT2D eigenvalue weighted by molar-refractivity contribution is 0.0815. The number of rotatable bonds is 1. The molecule has 6 aliphatic carbocycles. The van der Waals surface area contributed by atoms with Crippen LogP contribution in [0, 0.1) is 27.2 Å². The quantitative estimate of drug-likeness (QED) is 0.110. The van der Waals surface area contributed by atoms with Crippen molar-refractivity contribution in [3.63, 3.8) is 0 Å². The van der Waals surface area contributed by atoms with Crippen LogP contribution in [0.2, 0.25) is 0 Å². The van der Waals surface area contributed by atoms with Crippen molar-refractivity contribution in [3.05, 3.63) is 153 Å². The van der Waals surface area contributed by atoms with Crippen LogP contribution >= 0.6 is 22.6 Å². The summed E-state index contributed by atoms with van der Waals surface area (Å²) in [4.78, 5) is 48.8. The van der Waals surface area contributed by atoms with Crippen LogP contribution in [0.4, 0.5) is 0 Å². The van der Waals surface area contributed by atoms with E-state index in [-0.39, 0.29) is 26.4 Å². The summed E-state index contributed by atoms with van der Waals surface area (Å²) in [6.45, 7) is 0. The SMILES string of the molecule is C.C.C1=CC2C=CC1C2.O=C1C(=O)c2cc(C3CC4C=CC3C4)ccc2-c2ccccc21.O=C1C(=O)c2cc(I)ccc2-c2ccccc21. The van der Waals surface area contributed by atoms with Gasteiger partial charge in [0.05, 0.1) is 0 Å². The standard InChI is InChI=1S/C21H16O2.C14H7IO2.C7H8.2CH4/c22-20-17-4-2-1-3-15(17)16-8-7-14(11-19(16)21(20)23)18-10-12-5-6-13(18)9-12;15-8-5-6-10-9-3-1-2-4-11(9)13(16)14(17)12(10)7-8;1-2-7-4-3-6(1)5-7;;/h1-8,11-13,18H,9-10H2;1-7H;1-4,6-7H,5H2;2*1H4. The first-order valence-corrected chi connectivity index (χ1v) is 17.3. The molecular formula is C44H39IO4. The highest BCUT2D eigenvalue weighted by atomic mass is 127. The van der Waals surface area contributed by atoms with Crippen LogP contribution in [0.15, 0.2) is 121 Å². The monoisotopic (exact) mass is 758 g/mol. The van der Waals surface area contributed by atoms with E-state index in [0.717, 1.165) is 37.7 Å². The summed E-state index contributed by atoms with van der Waals surface area (Å²) in [5, 5.41) is 0. The summed E-state index contributed by atoms with van der Waals surface area (Å²) in [6.07, 6.45) is 17.6. The predicted molar refractivity (Wildman–Crippen MR) is 205 cm³/mol. The summed E-state index contributed by atoms with van der Waals surface area (Å²) < 4.78 is 0.960. The van der Waals surface area contributed by atoms with E-state index >= 15 is 0 Å². The number of hydrogen-bond donors (Lipinski definition) is 0. The zero-order valence-corrected chi connectivity index (χ0v) is 27.7. The van der Waals surface area contributed by atoms with Crippen molar-refractivity contribution in [1.29, 1.82) is 0 Å². The van der Waals surface area contributed by atoms with E-state index < -0.39 is 11.6 Å². The Kier molecular flexibility index (Phi) is 9.67. The van der Waals surface area contributed by atoms with E-state index in [9.17, 15) is 19.2 Å². The number of Topliss-reactive ketones (excluding diaryl/α,β-unsaturated/α-hetero) is 4. The number of fused-ring (bicyclic) bond motifs is 10. The third kappa shape index (κ3) is 6.14. The molecule has 6 aliphatic rings. The molecule has 3 atom stereocenters. The zero-order valence-electron chi connectivity index (χ0n) is 25.6. The summed E-state index contributed by atoms with van der Waals surface area (Å²) in [7, 11) is 0. The molecule has 246 valence electrons. The van der Waals surface area contributed by atoms with Gasteiger partial charge in [-0.2, -0.15) is 0 Å². The van der Waals surface area contributed by atoms with Crippen LogP contribution in [-0.2, 0) is 0 Å². The first-order chi connectivity index (χ1) is 22.9. The van der Waals surface area contributed by atoms with Gasteiger partial charge in [0, 0.05) is 25.8 Å². The summed E-state index contributed by atoms with van der Waals surface area (Å²) in [5.74, 6) is 1.86. The van der Waals surface area contributed by atoms with Gasteiger partial charge in [-0.3, -0.25) is 19.2 Å². The number of carbonyl (C=O) groups is 4. The van der Waals surface area contributed by atoms with Crippen LogP contribution in [-0.4, -0.2) is 23.1 Å². The fourth-order valence-electron chi connectivity index (χ4n) is 7.97. The van der Waals surface area contributed by atoms with Crippen molar-refractivity contribution in [3.8, 4) is 22.3 Å². The third-order valence-corrected chi connectivity index (χ3v) is 11.0. The molecule has 0 aliphatic heterocycles. The first-order valence-electron chi connectivity index (χ1n) is 16.2. The van der Waals surface area contributed by atoms with Crippen molar-refractivity contribution >= 4 is 45.7 Å². The Bertz CT molecular complexity index is 2070. The lowest BCUT2D eigenvalue weighted by Gasteiger charge is -2.22. The van der Waals surface area contributed by atoms with Gasteiger partial charge in [-0.1, -0.05) is 118 Å². The van der Waals surface area contributed by atoms with E-state index in [0.29, 0.717) is 40.0 Å². The molecule has 0 radical (unpaired) electrons. The van der Waals surface area contributed by atoms with Gasteiger partial charge < -0.3 is 0 Å². The molecule has 3 unspecified atom stereocenters. The van der Waals surface area contributed by atoms with Gasteiger partial charge in [0.15, 0.2) is 0 Å². The molecule has 1 saturated carbocycles. The van der Waals surface area contributed by atoms with Crippen LogP contribution in [0.5, 0.6) is 0 Å². The van der Waals surface area contributed by atoms with Gasteiger partial charge in [-0.15, -0.1) is 0 Å². The van der Waals surface area contributed by atoms with E-state index in [4.69, 9.17) is 0 Å². The van der Waals surface area contributed by atoms with Crippen molar-refractivity contribution in [2.75, 3.05) is 0 Å². The van der Waals surface area contributed by atoms with Crippen LogP contribution in [0.1, 0.15) is 87.0 Å². The Morgan fingerprint density at radius 2 is 0.918 bits per heavy atom. The minimum absolute atomic E-state index is 0. The van der Waals surface area contributed by atoms with Gasteiger partial charge in [0.25, 0.3) is 0 Å². The molecule has 0 amide bonds. The molecule has 10 rings (SSSR count). The van der Waals surface area contributed by atoms with Crippen molar-refractivity contribution < 1.29 is 19.2 Å². The lowest BCUT2D eigenvalue weighted by atomic mass is 9.80. The third-order valence-electron chi connectivity index (χ3n) is 10.3. The lowest BCUT2D eigenvalue weighted by Crippen LogP contribution is -2.21. The Morgan fingerprint density at radius 3 is 1.39 bits per heavy atom. The number of benzene rings is 4. The Labute approximate surface area is 302 Å². The molecule has 0 N–H and O–H groups in total. The van der Waals surface area contributed by atoms with Gasteiger partial charge in [-0.25, -0.2) is 0 Å². The van der Waals surface area contributed by atoms with Crippen molar-refractivity contribution in [2.24, 2.45) is 23.7 Å². The second-order valence-corrected chi connectivity index (χ2v) is 14.4. The molecule has 0 aromatic heterocycles. The number of allylic oxidation sites excluding steroid dienone is 6. The van der Waals surface area contributed by atoms with Gasteiger partial charge >= 0.3 is 0 Å². The van der Waals surface area contributed by atoms with E-state index in [1.54, 1.807) is 24.3 Å². The Hall–Kier alpha value is -4.49. The predicted octanol–water partition coefficient (Wildman–Crippen LogP) is 10.8. The highest BCUT2D eigenvalue weighted by Crippen LogP contribution is 2.49. The molecule has 4 bridgehead atoms. The minimum Gasteiger partial charge on any atom is -0.285 e. The molecule has 4 aromatic rings. The van der Waals surface area contributed by atoms with E-state index in [2.05, 4.69) is 65.1 Å². The molecule has 4 aromatic carbocycles. The van der Waals surface area contributed by atoms with Crippen LogP contribution in [0.3, 0.4) is 0 Å². The maximum absolute atomic E-state index is 12.5. The Morgan fingerprint density at radius 1 is 0.449 bits per heavy atom. The van der Waals surface area contributed by atoms with Crippen LogP contribution in [0.25, 0.3) is 22.3 Å². The molecule has 0 spiro atoms. The smallest absolute Gasteiger partial charge is 0.234 e. The molecule has 1 fully saturated rings. The summed E-state index contributed by atoms with van der Waals surface area (Å²) >= 11 is 2.14. The van der Waals surface area contributed by atoms with Crippen LogP contribution < -0.4 is 0 Å². The maximum atomic E-state index is 12.5. The normalized spacial score (nSPS) is 23.6. The van der Waals surface area contributed by atoms with Crippen molar-refractivity contribution in [2.45, 2.75) is 40.0 Å². The van der Waals surface area contributed by atoms with Crippen molar-refractivity contribution in [1.82, 2.24) is 0 Å². The van der Waals surface area contributed by atoms with Gasteiger partial charge in [0.2, 0.25) is 23.1 Å². The fourth-order valence-corrected chi connectivity index (χ4v) is 8.46. The molecule has 4 nitrogen and oxygen atoms in total. The number of ketones is 4. The topological polar surface area (TPSA) is 68.3 Å². The molecule has 0 heterocycles. The minimum atomic E-state index is -0.407. The Balaban J connectivity index is 0.000000141. The zero-order chi connectivity index (χ0) is 32.2. The second kappa shape index (κ2) is 13.8. The highest BCUT2D eigenvalue weighted by Gasteiger charge is 2.38. The van der Waals surface area contributed by atoms with Gasteiger partial charge in [-0.05, 0) is 117 Å². The largest absolute Gasteiger partial charge is 0.285 e. The van der Waals surface area contributed by atoms with Gasteiger partial charge in [0.1, 0.15) is 0 Å². The summed E-state index contributed by atoms with van der Waals surface area (Å²) in [6, 6.07) is 26.4. The summed E-state index contributed by atoms with van der Waals surface area (Å²) in [5.41, 5.74) is 6.82. The fraction of sp³-hybridized carbons (Fsp3) is 0.227. The number of hydrogen-bond acceptors (Lipinski definition) is 4. The molecule has 0 saturated heterocycles. The number of halogens is 1. The maximum Gasteiger partial charge on any atom is 0.234 e. The first kappa shape index (κ1) is 34.4. The molecule has 49 heavy (non-hydrogen) atoms. The average molecular weight is 759 g/mol. The number of carbonyl (C=O) groups excluding carboxylic acids is 4. The van der Waals surface area contributed by atoms with E-state index in [1.807, 2.05) is 54.6 Å². The molecular weight excluding hydrogens is 719 g/mol. The van der Waals surface area contributed by atoms with E-state index in [1.165, 1.54) is 24.8 Å². The highest BCUT2D eigenvalue weighted by molar-refractivity contribution is 14.1. The average Bonchev–Trinajstić information content (AvgIpc) is 3.95. The second-order valence-electron chi connectivity index (χ2n) is 13.1.